The molecule has 0 bridgehead atoms. The third-order valence-electron chi connectivity index (χ3n) is 6.28. The highest BCUT2D eigenvalue weighted by atomic mass is 35.5. The minimum atomic E-state index is -0.119. The standard InChI is InChI=1S/C27H25ClN4O2/c1-30(16-19-8-3-2-4-9-19)26(34)18-32-24-13-6-5-12-23(24)29-27(32)20-14-25(33)31(17-20)22-11-7-10-21(28)15-22/h2-13,15,20H,14,16-18H2,1H3. The monoisotopic (exact) mass is 472 g/mol. The Morgan fingerprint density at radius 1 is 1.06 bits per heavy atom. The number of fused-ring (bicyclic) bond motifs is 1. The van der Waals surface area contributed by atoms with E-state index in [0.717, 1.165) is 28.1 Å². The Kier molecular flexibility index (Phi) is 6.07. The maximum absolute atomic E-state index is 13.2. The van der Waals surface area contributed by atoms with E-state index in [1.165, 1.54) is 0 Å². The molecule has 172 valence electrons. The van der Waals surface area contributed by atoms with Gasteiger partial charge in [-0.3, -0.25) is 9.59 Å². The number of para-hydroxylation sites is 2. The molecule has 1 aliphatic heterocycles. The molecule has 34 heavy (non-hydrogen) atoms. The van der Waals surface area contributed by atoms with Crippen LogP contribution >= 0.6 is 11.6 Å². The first-order valence-corrected chi connectivity index (χ1v) is 11.7. The molecule has 7 heteroatoms. The Labute approximate surface area is 203 Å². The molecular weight excluding hydrogens is 448 g/mol. The van der Waals surface area contributed by atoms with Crippen molar-refractivity contribution in [3.05, 3.63) is 95.3 Å². The molecule has 6 nitrogen and oxygen atoms in total. The molecule has 1 fully saturated rings. The number of anilines is 1. The molecular formula is C27H25ClN4O2. The quantitative estimate of drug-likeness (QED) is 0.402. The molecule has 4 aromatic rings. The lowest BCUT2D eigenvalue weighted by Gasteiger charge is -2.20. The number of halogens is 1. The second-order valence-electron chi connectivity index (χ2n) is 8.67. The molecule has 1 atom stereocenters. The van der Waals surface area contributed by atoms with Gasteiger partial charge in [0.1, 0.15) is 12.4 Å². The van der Waals surface area contributed by atoms with Gasteiger partial charge in [-0.1, -0.05) is 60.1 Å². The second-order valence-corrected chi connectivity index (χ2v) is 9.10. The molecule has 0 saturated carbocycles. The second kappa shape index (κ2) is 9.31. The van der Waals surface area contributed by atoms with E-state index in [9.17, 15) is 9.59 Å². The van der Waals surface area contributed by atoms with Crippen molar-refractivity contribution in [3.8, 4) is 0 Å². The van der Waals surface area contributed by atoms with Gasteiger partial charge >= 0.3 is 0 Å². The summed E-state index contributed by atoms with van der Waals surface area (Å²) in [5.41, 5.74) is 3.58. The summed E-state index contributed by atoms with van der Waals surface area (Å²) < 4.78 is 1.97. The van der Waals surface area contributed by atoms with E-state index < -0.39 is 0 Å². The van der Waals surface area contributed by atoms with Crippen LogP contribution in [-0.2, 0) is 22.7 Å². The van der Waals surface area contributed by atoms with Crippen LogP contribution in [0.2, 0.25) is 5.02 Å². The van der Waals surface area contributed by atoms with Crippen LogP contribution in [0.3, 0.4) is 0 Å². The highest BCUT2D eigenvalue weighted by Crippen LogP contribution is 2.34. The van der Waals surface area contributed by atoms with Gasteiger partial charge in [0, 0.05) is 43.2 Å². The number of likely N-dealkylation sites (N-methyl/N-ethyl adjacent to an activating group) is 1. The number of nitrogens with zero attached hydrogens (tertiary/aromatic N) is 4. The van der Waals surface area contributed by atoms with Gasteiger partial charge < -0.3 is 14.4 Å². The Balaban J connectivity index is 1.42. The summed E-state index contributed by atoms with van der Waals surface area (Å²) in [6.07, 6.45) is 0.337. The van der Waals surface area contributed by atoms with Crippen molar-refractivity contribution in [3.63, 3.8) is 0 Å². The lowest BCUT2D eigenvalue weighted by atomic mass is 10.1. The van der Waals surface area contributed by atoms with Gasteiger partial charge in [-0.15, -0.1) is 0 Å². The minimum Gasteiger partial charge on any atom is -0.340 e. The van der Waals surface area contributed by atoms with E-state index >= 15 is 0 Å². The predicted molar refractivity (Wildman–Crippen MR) is 134 cm³/mol. The van der Waals surface area contributed by atoms with Crippen LogP contribution in [0.4, 0.5) is 5.69 Å². The molecule has 0 radical (unpaired) electrons. The fourth-order valence-electron chi connectivity index (χ4n) is 4.55. The third kappa shape index (κ3) is 4.41. The highest BCUT2D eigenvalue weighted by Gasteiger charge is 2.35. The molecule has 0 aliphatic carbocycles. The number of aromatic nitrogens is 2. The summed E-state index contributed by atoms with van der Waals surface area (Å²) in [5, 5.41) is 0.591. The number of carbonyl (C=O) groups is 2. The third-order valence-corrected chi connectivity index (χ3v) is 6.51. The van der Waals surface area contributed by atoms with E-state index in [4.69, 9.17) is 16.6 Å². The molecule has 1 saturated heterocycles. The Hall–Kier alpha value is -3.64. The molecule has 5 rings (SSSR count). The topological polar surface area (TPSA) is 58.4 Å². The van der Waals surface area contributed by atoms with Crippen LogP contribution in [-0.4, -0.2) is 39.9 Å². The van der Waals surface area contributed by atoms with Gasteiger partial charge in [0.05, 0.1) is 11.0 Å². The van der Waals surface area contributed by atoms with Crippen LogP contribution in [0.5, 0.6) is 0 Å². The molecule has 1 unspecified atom stereocenters. The van der Waals surface area contributed by atoms with Crippen LogP contribution in [0, 0.1) is 0 Å². The summed E-state index contributed by atoms with van der Waals surface area (Å²) in [5.74, 6) is 0.661. The Bertz CT molecular complexity index is 1350. The summed E-state index contributed by atoms with van der Waals surface area (Å²) in [6, 6.07) is 25.0. The largest absolute Gasteiger partial charge is 0.340 e. The SMILES string of the molecule is CN(Cc1ccccc1)C(=O)Cn1c(C2CC(=O)N(c3cccc(Cl)c3)C2)nc2ccccc21. The van der Waals surface area contributed by atoms with Crippen molar-refractivity contribution in [2.75, 3.05) is 18.5 Å². The first-order valence-electron chi connectivity index (χ1n) is 11.3. The zero-order chi connectivity index (χ0) is 23.7. The highest BCUT2D eigenvalue weighted by molar-refractivity contribution is 6.30. The van der Waals surface area contributed by atoms with Gasteiger partial charge in [-0.25, -0.2) is 4.98 Å². The molecule has 2 amide bonds. The average Bonchev–Trinajstić information content (AvgIpc) is 3.40. The van der Waals surface area contributed by atoms with Crippen molar-refractivity contribution in [1.82, 2.24) is 14.5 Å². The Morgan fingerprint density at radius 2 is 1.82 bits per heavy atom. The average molecular weight is 473 g/mol. The number of amides is 2. The number of benzene rings is 3. The molecule has 0 N–H and O–H groups in total. The van der Waals surface area contributed by atoms with Crippen molar-refractivity contribution in [2.24, 2.45) is 0 Å². The van der Waals surface area contributed by atoms with Gasteiger partial charge in [0.2, 0.25) is 11.8 Å². The predicted octanol–water partition coefficient (Wildman–Crippen LogP) is 4.87. The minimum absolute atomic E-state index is 0.00993. The summed E-state index contributed by atoms with van der Waals surface area (Å²) in [4.78, 5) is 34.4. The molecule has 2 heterocycles. The lowest BCUT2D eigenvalue weighted by Crippen LogP contribution is -2.30. The fourth-order valence-corrected chi connectivity index (χ4v) is 4.73. The molecule has 3 aromatic carbocycles. The molecule has 1 aliphatic rings. The molecule has 1 aromatic heterocycles. The van der Waals surface area contributed by atoms with Gasteiger partial charge in [-0.2, -0.15) is 0 Å². The fraction of sp³-hybridized carbons (Fsp3) is 0.222. The van der Waals surface area contributed by atoms with Crippen molar-refractivity contribution < 1.29 is 9.59 Å². The maximum atomic E-state index is 13.2. The number of rotatable bonds is 6. The smallest absolute Gasteiger partial charge is 0.242 e. The van der Waals surface area contributed by atoms with Gasteiger partial charge in [0.15, 0.2) is 0 Å². The normalized spacial score (nSPS) is 15.8. The van der Waals surface area contributed by atoms with E-state index in [-0.39, 0.29) is 24.3 Å². The first kappa shape index (κ1) is 22.2. The number of carbonyl (C=O) groups excluding carboxylic acids is 2. The van der Waals surface area contributed by atoms with Crippen molar-refractivity contribution in [1.29, 1.82) is 0 Å². The van der Waals surface area contributed by atoms with E-state index in [2.05, 4.69) is 0 Å². The summed E-state index contributed by atoms with van der Waals surface area (Å²) >= 11 is 6.15. The van der Waals surface area contributed by atoms with Gasteiger partial charge in [0.25, 0.3) is 0 Å². The number of hydrogen-bond acceptors (Lipinski definition) is 3. The van der Waals surface area contributed by atoms with Crippen LogP contribution in [0.25, 0.3) is 11.0 Å². The first-order chi connectivity index (χ1) is 16.5. The Morgan fingerprint density at radius 3 is 2.62 bits per heavy atom. The summed E-state index contributed by atoms with van der Waals surface area (Å²) in [7, 11) is 1.81. The molecule has 0 spiro atoms. The van der Waals surface area contributed by atoms with E-state index in [0.29, 0.717) is 24.5 Å². The number of imidazole rings is 1. The van der Waals surface area contributed by atoms with Crippen LogP contribution in [0.1, 0.15) is 23.7 Å². The zero-order valence-corrected chi connectivity index (χ0v) is 19.7. The zero-order valence-electron chi connectivity index (χ0n) is 18.9. The van der Waals surface area contributed by atoms with Crippen LogP contribution in [0.15, 0.2) is 78.9 Å². The summed E-state index contributed by atoms with van der Waals surface area (Å²) in [6.45, 7) is 1.20. The van der Waals surface area contributed by atoms with E-state index in [1.54, 1.807) is 21.9 Å². The van der Waals surface area contributed by atoms with E-state index in [1.807, 2.05) is 78.3 Å². The van der Waals surface area contributed by atoms with Gasteiger partial charge in [-0.05, 0) is 35.9 Å². The lowest BCUT2D eigenvalue weighted by molar-refractivity contribution is -0.131. The van der Waals surface area contributed by atoms with Crippen molar-refractivity contribution in [2.45, 2.75) is 25.4 Å². The number of hydrogen-bond donors (Lipinski definition) is 0. The maximum Gasteiger partial charge on any atom is 0.242 e. The van der Waals surface area contributed by atoms with Crippen LogP contribution < -0.4 is 4.90 Å². The van der Waals surface area contributed by atoms with Crippen molar-refractivity contribution >= 4 is 40.1 Å².